The number of nitrogens with zero attached hydrogens (tertiary/aromatic N) is 1. The Morgan fingerprint density at radius 1 is 1.32 bits per heavy atom. The third kappa shape index (κ3) is 2.38. The average Bonchev–Trinajstić information content (AvgIpc) is 2.78. The Hall–Kier alpha value is -1.75. The summed E-state index contributed by atoms with van der Waals surface area (Å²) in [5.74, 6) is -0.00653. The number of carbonyl (C=O) groups excluding carboxylic acids is 1. The summed E-state index contributed by atoms with van der Waals surface area (Å²) in [6, 6.07) is 5.66. The number of hydrogen-bond donors (Lipinski definition) is 3. The lowest BCUT2D eigenvalue weighted by Crippen LogP contribution is -2.34. The van der Waals surface area contributed by atoms with E-state index in [0.717, 1.165) is 24.5 Å². The smallest absolute Gasteiger partial charge is 0.254 e. The second kappa shape index (κ2) is 4.42. The first-order valence-electron chi connectivity index (χ1n) is 6.69. The molecule has 1 saturated heterocycles. The number of hydrogen-bond acceptors (Lipinski definition) is 4. The van der Waals surface area contributed by atoms with Crippen molar-refractivity contribution >= 4 is 17.3 Å². The first kappa shape index (κ1) is 12.3. The molecule has 1 aromatic rings. The summed E-state index contributed by atoms with van der Waals surface area (Å²) in [4.78, 5) is 14.1. The van der Waals surface area contributed by atoms with E-state index in [1.165, 1.54) is 0 Å². The van der Waals surface area contributed by atoms with Crippen molar-refractivity contribution in [1.29, 1.82) is 0 Å². The van der Waals surface area contributed by atoms with Gasteiger partial charge in [-0.2, -0.15) is 0 Å². The van der Waals surface area contributed by atoms with Gasteiger partial charge in [-0.05, 0) is 31.5 Å². The minimum Gasteiger partial charge on any atom is -0.388 e. The molecule has 1 atom stereocenters. The molecule has 2 aliphatic heterocycles. The predicted molar refractivity (Wildman–Crippen MR) is 74.6 cm³/mol. The zero-order chi connectivity index (χ0) is 13.5. The van der Waals surface area contributed by atoms with E-state index < -0.39 is 5.60 Å². The molecule has 0 aliphatic carbocycles. The van der Waals surface area contributed by atoms with Crippen LogP contribution in [0, 0.1) is 0 Å². The van der Waals surface area contributed by atoms with Crippen LogP contribution in [0.4, 0.5) is 11.4 Å². The quantitative estimate of drug-likeness (QED) is 0.709. The van der Waals surface area contributed by atoms with Gasteiger partial charge < -0.3 is 20.6 Å². The van der Waals surface area contributed by atoms with Gasteiger partial charge in [0.1, 0.15) is 0 Å². The van der Waals surface area contributed by atoms with Crippen LogP contribution in [0.15, 0.2) is 18.2 Å². The standard InChI is InChI=1S/C14H19N3O2/c1-14(19)4-7-17(9-14)13(18)10-2-3-11-12(8-10)16-6-5-15-11/h2-3,8,15-16,19H,4-7,9H2,1H3. The van der Waals surface area contributed by atoms with Crippen molar-refractivity contribution in [3.63, 3.8) is 0 Å². The molecule has 19 heavy (non-hydrogen) atoms. The predicted octanol–water partition coefficient (Wildman–Crippen LogP) is 1.12. The molecule has 3 N–H and O–H groups in total. The molecule has 1 aromatic carbocycles. The summed E-state index contributed by atoms with van der Waals surface area (Å²) in [5.41, 5.74) is 1.94. The summed E-state index contributed by atoms with van der Waals surface area (Å²) < 4.78 is 0. The summed E-state index contributed by atoms with van der Waals surface area (Å²) in [6.45, 7) is 4.57. The van der Waals surface area contributed by atoms with Gasteiger partial charge >= 0.3 is 0 Å². The van der Waals surface area contributed by atoms with Crippen molar-refractivity contribution in [3.8, 4) is 0 Å². The van der Waals surface area contributed by atoms with Crippen molar-refractivity contribution in [2.45, 2.75) is 18.9 Å². The van der Waals surface area contributed by atoms with E-state index in [4.69, 9.17) is 0 Å². The second-order valence-corrected chi connectivity index (χ2v) is 5.59. The van der Waals surface area contributed by atoms with Crippen LogP contribution >= 0.6 is 0 Å². The summed E-state index contributed by atoms with van der Waals surface area (Å²) in [6.07, 6.45) is 0.642. The summed E-state index contributed by atoms with van der Waals surface area (Å²) >= 11 is 0. The van der Waals surface area contributed by atoms with E-state index in [2.05, 4.69) is 10.6 Å². The number of β-amino-alcohol motifs (C(OH)–C–C–N with tert-alkyl or cyclic N) is 1. The molecule has 5 heteroatoms. The van der Waals surface area contributed by atoms with Crippen LogP contribution in [-0.4, -0.2) is 47.7 Å². The number of carbonyl (C=O) groups is 1. The zero-order valence-corrected chi connectivity index (χ0v) is 11.1. The SMILES string of the molecule is CC1(O)CCN(C(=O)c2ccc3c(c2)NCCN3)C1. The van der Waals surface area contributed by atoms with Crippen molar-refractivity contribution in [1.82, 2.24) is 4.90 Å². The van der Waals surface area contributed by atoms with Crippen molar-refractivity contribution in [3.05, 3.63) is 23.8 Å². The fourth-order valence-electron chi connectivity index (χ4n) is 2.67. The molecule has 5 nitrogen and oxygen atoms in total. The maximum absolute atomic E-state index is 12.4. The topological polar surface area (TPSA) is 64.6 Å². The third-order valence-electron chi connectivity index (χ3n) is 3.76. The highest BCUT2D eigenvalue weighted by Crippen LogP contribution is 2.27. The minimum absolute atomic E-state index is 0.00653. The number of fused-ring (bicyclic) bond motifs is 1. The largest absolute Gasteiger partial charge is 0.388 e. The number of likely N-dealkylation sites (tertiary alicyclic amines) is 1. The molecule has 0 spiro atoms. The molecular weight excluding hydrogens is 242 g/mol. The van der Waals surface area contributed by atoms with E-state index in [1.807, 2.05) is 18.2 Å². The lowest BCUT2D eigenvalue weighted by molar-refractivity contribution is 0.0572. The maximum Gasteiger partial charge on any atom is 0.254 e. The Balaban J connectivity index is 1.81. The van der Waals surface area contributed by atoms with Crippen molar-refractivity contribution < 1.29 is 9.90 Å². The molecule has 1 unspecified atom stereocenters. The van der Waals surface area contributed by atoms with E-state index in [1.54, 1.807) is 11.8 Å². The van der Waals surface area contributed by atoms with Crippen LogP contribution in [0.2, 0.25) is 0 Å². The molecule has 3 rings (SSSR count). The maximum atomic E-state index is 12.4. The third-order valence-corrected chi connectivity index (χ3v) is 3.76. The highest BCUT2D eigenvalue weighted by Gasteiger charge is 2.34. The molecular formula is C14H19N3O2. The molecule has 2 heterocycles. The Morgan fingerprint density at radius 3 is 2.74 bits per heavy atom. The Morgan fingerprint density at radius 2 is 2.05 bits per heavy atom. The Labute approximate surface area is 112 Å². The fourth-order valence-corrected chi connectivity index (χ4v) is 2.67. The van der Waals surface area contributed by atoms with Gasteiger partial charge in [0.2, 0.25) is 0 Å². The normalized spacial score (nSPS) is 25.5. The fraction of sp³-hybridized carbons (Fsp3) is 0.500. The van der Waals surface area contributed by atoms with Gasteiger partial charge in [0.15, 0.2) is 0 Å². The number of aliphatic hydroxyl groups is 1. The second-order valence-electron chi connectivity index (χ2n) is 5.59. The Kier molecular flexibility index (Phi) is 2.86. The van der Waals surface area contributed by atoms with Gasteiger partial charge in [-0.25, -0.2) is 0 Å². The number of benzene rings is 1. The van der Waals surface area contributed by atoms with Crippen LogP contribution in [0.25, 0.3) is 0 Å². The minimum atomic E-state index is -0.746. The molecule has 2 aliphatic rings. The lowest BCUT2D eigenvalue weighted by Gasteiger charge is -2.22. The highest BCUT2D eigenvalue weighted by molar-refractivity contribution is 5.96. The Bertz CT molecular complexity index is 513. The molecule has 1 amide bonds. The van der Waals surface area contributed by atoms with Gasteiger partial charge in [-0.15, -0.1) is 0 Å². The van der Waals surface area contributed by atoms with Crippen molar-refractivity contribution in [2.75, 3.05) is 36.8 Å². The van der Waals surface area contributed by atoms with Gasteiger partial charge in [-0.1, -0.05) is 0 Å². The number of nitrogens with one attached hydrogen (secondary N) is 2. The molecule has 0 aromatic heterocycles. The molecule has 102 valence electrons. The van der Waals surface area contributed by atoms with Gasteiger partial charge in [0, 0.05) is 31.7 Å². The lowest BCUT2D eigenvalue weighted by atomic mass is 10.1. The van der Waals surface area contributed by atoms with Crippen LogP contribution in [-0.2, 0) is 0 Å². The number of amides is 1. The van der Waals surface area contributed by atoms with Crippen molar-refractivity contribution in [2.24, 2.45) is 0 Å². The molecule has 0 radical (unpaired) electrons. The molecule has 0 bridgehead atoms. The van der Waals surface area contributed by atoms with E-state index in [0.29, 0.717) is 25.1 Å². The molecule has 1 fully saturated rings. The van der Waals surface area contributed by atoms with Gasteiger partial charge in [0.25, 0.3) is 5.91 Å². The van der Waals surface area contributed by atoms with Crippen LogP contribution in [0.1, 0.15) is 23.7 Å². The first-order valence-corrected chi connectivity index (χ1v) is 6.69. The van der Waals surface area contributed by atoms with Crippen LogP contribution in [0.3, 0.4) is 0 Å². The monoisotopic (exact) mass is 261 g/mol. The first-order chi connectivity index (χ1) is 9.05. The van der Waals surface area contributed by atoms with E-state index >= 15 is 0 Å². The average molecular weight is 261 g/mol. The number of anilines is 2. The van der Waals surface area contributed by atoms with Crippen LogP contribution < -0.4 is 10.6 Å². The zero-order valence-electron chi connectivity index (χ0n) is 11.1. The summed E-state index contributed by atoms with van der Waals surface area (Å²) in [5, 5.41) is 16.5. The van der Waals surface area contributed by atoms with E-state index in [9.17, 15) is 9.90 Å². The molecule has 0 saturated carbocycles. The number of rotatable bonds is 1. The summed E-state index contributed by atoms with van der Waals surface area (Å²) in [7, 11) is 0. The van der Waals surface area contributed by atoms with Gasteiger partial charge in [0.05, 0.1) is 17.0 Å². The highest BCUT2D eigenvalue weighted by atomic mass is 16.3. The van der Waals surface area contributed by atoms with E-state index in [-0.39, 0.29) is 5.91 Å². The van der Waals surface area contributed by atoms with Crippen LogP contribution in [0.5, 0.6) is 0 Å². The van der Waals surface area contributed by atoms with Gasteiger partial charge in [-0.3, -0.25) is 4.79 Å².